The molecule has 1 aromatic rings. The molecule has 0 bridgehead atoms. The molecule has 0 saturated heterocycles. The third-order valence-corrected chi connectivity index (χ3v) is 4.30. The Morgan fingerprint density at radius 1 is 1.59 bits per heavy atom. The van der Waals surface area contributed by atoms with Crippen LogP contribution in [-0.2, 0) is 11.3 Å². The molecule has 0 unspecified atom stereocenters. The molecule has 4 nitrogen and oxygen atoms in total. The zero-order chi connectivity index (χ0) is 12.3. The standard InChI is InChI=1S/C11H15N3OS2/c12-9(16)11(3-1-2-4-11)10(15)13-5-8-6-17-7-14-8/h6-7H,1-5H2,(H2,12,16)(H,13,15). The summed E-state index contributed by atoms with van der Waals surface area (Å²) < 4.78 is 0. The van der Waals surface area contributed by atoms with Gasteiger partial charge in [0.2, 0.25) is 5.91 Å². The molecule has 1 aliphatic carbocycles. The summed E-state index contributed by atoms with van der Waals surface area (Å²) in [6, 6.07) is 0. The van der Waals surface area contributed by atoms with Gasteiger partial charge in [0, 0.05) is 5.38 Å². The van der Waals surface area contributed by atoms with Crippen molar-refractivity contribution in [3.05, 3.63) is 16.6 Å². The van der Waals surface area contributed by atoms with E-state index in [-0.39, 0.29) is 5.91 Å². The molecule has 1 aromatic heterocycles. The molecule has 92 valence electrons. The molecule has 0 atom stereocenters. The monoisotopic (exact) mass is 269 g/mol. The number of thiazole rings is 1. The molecular weight excluding hydrogens is 254 g/mol. The molecule has 3 N–H and O–H groups in total. The number of nitrogens with zero attached hydrogens (tertiary/aromatic N) is 1. The van der Waals surface area contributed by atoms with Crippen molar-refractivity contribution in [2.24, 2.45) is 11.1 Å². The van der Waals surface area contributed by atoms with Gasteiger partial charge in [-0.05, 0) is 12.8 Å². The molecule has 0 radical (unpaired) electrons. The zero-order valence-electron chi connectivity index (χ0n) is 9.44. The normalized spacial score (nSPS) is 17.9. The van der Waals surface area contributed by atoms with E-state index in [1.807, 2.05) is 5.38 Å². The van der Waals surface area contributed by atoms with Crippen LogP contribution in [-0.4, -0.2) is 15.9 Å². The quantitative estimate of drug-likeness (QED) is 0.815. The molecule has 1 amide bonds. The predicted octanol–water partition coefficient (Wildman–Crippen LogP) is 1.61. The summed E-state index contributed by atoms with van der Waals surface area (Å²) in [5, 5.41) is 4.81. The highest BCUT2D eigenvalue weighted by molar-refractivity contribution is 7.80. The SMILES string of the molecule is NC(=S)C1(C(=O)NCc2cscn2)CCCC1. The molecule has 1 heterocycles. The van der Waals surface area contributed by atoms with Crippen LogP contribution in [0.25, 0.3) is 0 Å². The minimum atomic E-state index is -0.620. The van der Waals surface area contributed by atoms with E-state index in [0.29, 0.717) is 11.5 Å². The van der Waals surface area contributed by atoms with Crippen molar-refractivity contribution in [3.8, 4) is 0 Å². The lowest BCUT2D eigenvalue weighted by atomic mass is 9.85. The van der Waals surface area contributed by atoms with E-state index in [1.165, 1.54) is 11.3 Å². The minimum absolute atomic E-state index is 0.0458. The summed E-state index contributed by atoms with van der Waals surface area (Å²) in [7, 11) is 0. The Labute approximate surface area is 110 Å². The fourth-order valence-corrected chi connectivity index (χ4v) is 3.08. The first-order chi connectivity index (χ1) is 8.15. The summed E-state index contributed by atoms with van der Waals surface area (Å²) in [5.41, 5.74) is 7.74. The van der Waals surface area contributed by atoms with E-state index in [1.54, 1.807) is 5.51 Å². The topological polar surface area (TPSA) is 68.0 Å². The Hall–Kier alpha value is -1.01. The summed E-state index contributed by atoms with van der Waals surface area (Å²) in [4.78, 5) is 16.6. The van der Waals surface area contributed by atoms with Gasteiger partial charge in [-0.15, -0.1) is 11.3 Å². The highest BCUT2D eigenvalue weighted by atomic mass is 32.1. The van der Waals surface area contributed by atoms with E-state index in [4.69, 9.17) is 18.0 Å². The van der Waals surface area contributed by atoms with Crippen molar-refractivity contribution >= 4 is 34.5 Å². The Morgan fingerprint density at radius 3 is 2.82 bits per heavy atom. The number of hydrogen-bond donors (Lipinski definition) is 2. The van der Waals surface area contributed by atoms with Gasteiger partial charge in [-0.1, -0.05) is 25.1 Å². The number of aromatic nitrogens is 1. The zero-order valence-corrected chi connectivity index (χ0v) is 11.1. The van der Waals surface area contributed by atoms with Crippen LogP contribution in [0.4, 0.5) is 0 Å². The number of carbonyl (C=O) groups excluding carboxylic acids is 1. The van der Waals surface area contributed by atoms with Gasteiger partial charge in [-0.25, -0.2) is 4.98 Å². The summed E-state index contributed by atoms with van der Waals surface area (Å²) in [5.74, 6) is -0.0458. The van der Waals surface area contributed by atoms with E-state index in [9.17, 15) is 4.79 Å². The smallest absolute Gasteiger partial charge is 0.233 e. The number of thiocarbonyl (C=S) groups is 1. The van der Waals surface area contributed by atoms with Crippen LogP contribution in [0.1, 0.15) is 31.4 Å². The van der Waals surface area contributed by atoms with Crippen LogP contribution < -0.4 is 11.1 Å². The van der Waals surface area contributed by atoms with E-state index < -0.39 is 5.41 Å². The number of hydrogen-bond acceptors (Lipinski definition) is 4. The van der Waals surface area contributed by atoms with Crippen LogP contribution in [0.2, 0.25) is 0 Å². The highest BCUT2D eigenvalue weighted by Crippen LogP contribution is 2.38. The fourth-order valence-electron chi connectivity index (χ4n) is 2.23. The average molecular weight is 269 g/mol. The molecule has 0 spiro atoms. The van der Waals surface area contributed by atoms with Crippen LogP contribution in [0, 0.1) is 5.41 Å². The average Bonchev–Trinajstić information content (AvgIpc) is 2.97. The number of rotatable bonds is 4. The van der Waals surface area contributed by atoms with E-state index >= 15 is 0 Å². The van der Waals surface area contributed by atoms with Crippen LogP contribution in [0.5, 0.6) is 0 Å². The second-order valence-electron chi connectivity index (χ2n) is 4.32. The van der Waals surface area contributed by atoms with Gasteiger partial charge in [0.15, 0.2) is 0 Å². The molecular formula is C11H15N3OS2. The number of nitrogens with one attached hydrogen (secondary N) is 1. The lowest BCUT2D eigenvalue weighted by molar-refractivity contribution is -0.127. The number of carbonyl (C=O) groups is 1. The third-order valence-electron chi connectivity index (χ3n) is 3.28. The van der Waals surface area contributed by atoms with Crippen molar-refractivity contribution < 1.29 is 4.79 Å². The molecule has 1 saturated carbocycles. The van der Waals surface area contributed by atoms with E-state index in [2.05, 4.69) is 10.3 Å². The minimum Gasteiger partial charge on any atom is -0.392 e. The van der Waals surface area contributed by atoms with Gasteiger partial charge >= 0.3 is 0 Å². The first-order valence-corrected chi connectivity index (χ1v) is 6.95. The van der Waals surface area contributed by atoms with Crippen LogP contribution in [0.3, 0.4) is 0 Å². The van der Waals surface area contributed by atoms with Crippen molar-refractivity contribution in [2.75, 3.05) is 0 Å². The molecule has 2 rings (SSSR count). The van der Waals surface area contributed by atoms with Crippen LogP contribution >= 0.6 is 23.6 Å². The van der Waals surface area contributed by atoms with E-state index in [0.717, 1.165) is 31.4 Å². The molecule has 17 heavy (non-hydrogen) atoms. The van der Waals surface area contributed by atoms with Crippen molar-refractivity contribution in [3.63, 3.8) is 0 Å². The lowest BCUT2D eigenvalue weighted by Crippen LogP contribution is -2.47. The lowest BCUT2D eigenvalue weighted by Gasteiger charge is -2.25. The fraction of sp³-hybridized carbons (Fsp3) is 0.545. The maximum Gasteiger partial charge on any atom is 0.233 e. The van der Waals surface area contributed by atoms with Crippen molar-refractivity contribution in [1.82, 2.24) is 10.3 Å². The number of nitrogens with two attached hydrogens (primary N) is 1. The van der Waals surface area contributed by atoms with Gasteiger partial charge in [0.1, 0.15) is 0 Å². The summed E-state index contributed by atoms with van der Waals surface area (Å²) in [6.45, 7) is 0.451. The molecule has 1 fully saturated rings. The Balaban J connectivity index is 2.00. The second-order valence-corrected chi connectivity index (χ2v) is 5.47. The Kier molecular flexibility index (Phi) is 3.73. The second kappa shape index (κ2) is 5.10. The summed E-state index contributed by atoms with van der Waals surface area (Å²) in [6.07, 6.45) is 3.57. The maximum absolute atomic E-state index is 12.2. The predicted molar refractivity (Wildman–Crippen MR) is 71.6 cm³/mol. The van der Waals surface area contributed by atoms with Crippen molar-refractivity contribution in [1.29, 1.82) is 0 Å². The van der Waals surface area contributed by atoms with Gasteiger partial charge < -0.3 is 11.1 Å². The largest absolute Gasteiger partial charge is 0.392 e. The van der Waals surface area contributed by atoms with Gasteiger partial charge in [-0.2, -0.15) is 0 Å². The summed E-state index contributed by atoms with van der Waals surface area (Å²) >= 11 is 6.58. The Bertz CT molecular complexity index is 410. The Morgan fingerprint density at radius 2 is 2.29 bits per heavy atom. The molecule has 1 aliphatic rings. The molecule has 6 heteroatoms. The first-order valence-electron chi connectivity index (χ1n) is 5.60. The highest BCUT2D eigenvalue weighted by Gasteiger charge is 2.43. The molecule has 0 aliphatic heterocycles. The van der Waals surface area contributed by atoms with Gasteiger partial charge in [-0.3, -0.25) is 4.79 Å². The van der Waals surface area contributed by atoms with Crippen molar-refractivity contribution in [2.45, 2.75) is 32.2 Å². The molecule has 0 aromatic carbocycles. The first kappa shape index (κ1) is 12.4. The third kappa shape index (κ3) is 2.47. The maximum atomic E-state index is 12.2. The van der Waals surface area contributed by atoms with Gasteiger partial charge in [0.25, 0.3) is 0 Å². The van der Waals surface area contributed by atoms with Gasteiger partial charge in [0.05, 0.1) is 28.2 Å². The number of amides is 1. The van der Waals surface area contributed by atoms with Crippen LogP contribution in [0.15, 0.2) is 10.9 Å².